The van der Waals surface area contributed by atoms with Gasteiger partial charge < -0.3 is 10.4 Å². The summed E-state index contributed by atoms with van der Waals surface area (Å²) in [5, 5.41) is 12.3. The molecule has 2 heteroatoms. The quantitative estimate of drug-likeness (QED) is 0.519. The van der Waals surface area contributed by atoms with Gasteiger partial charge in [-0.15, -0.1) is 0 Å². The fraction of sp³-hybridized carbons (Fsp3) is 1.00. The molecule has 2 N–H and O–H groups in total. The summed E-state index contributed by atoms with van der Waals surface area (Å²) in [6.07, 6.45) is 2.56. The molecule has 1 aliphatic heterocycles. The van der Waals surface area contributed by atoms with E-state index in [1.807, 2.05) is 0 Å². The third-order valence-corrected chi connectivity index (χ3v) is 3.04. The number of aliphatic hydroxyl groups excluding tert-OH is 1. The Bertz CT molecular complexity index is 122. The van der Waals surface area contributed by atoms with Crippen LogP contribution in [0.15, 0.2) is 0 Å². The van der Waals surface area contributed by atoms with Gasteiger partial charge in [0.2, 0.25) is 0 Å². The highest BCUT2D eigenvalue weighted by Crippen LogP contribution is 2.48. The summed E-state index contributed by atoms with van der Waals surface area (Å²) in [4.78, 5) is 0. The lowest BCUT2D eigenvalue weighted by molar-refractivity contribution is 0.0155. The normalized spacial score (nSPS) is 48.3. The second kappa shape index (κ2) is 1.70. The smallest absolute Gasteiger partial charge is 0.0502 e. The summed E-state index contributed by atoms with van der Waals surface area (Å²) in [5.41, 5.74) is 0.319. The van der Waals surface area contributed by atoms with Crippen LogP contribution in [0.4, 0.5) is 0 Å². The lowest BCUT2D eigenvalue weighted by Crippen LogP contribution is -2.42. The average molecular weight is 127 g/mol. The van der Waals surface area contributed by atoms with Crippen LogP contribution in [0, 0.1) is 11.3 Å². The molecule has 2 fully saturated rings. The highest BCUT2D eigenvalue weighted by atomic mass is 16.3. The van der Waals surface area contributed by atoms with E-state index in [9.17, 15) is 0 Å². The maximum Gasteiger partial charge on any atom is 0.0502 e. The van der Waals surface area contributed by atoms with E-state index in [0.717, 1.165) is 19.0 Å². The fourth-order valence-electron chi connectivity index (χ4n) is 2.07. The number of nitrogens with one attached hydrogen (secondary N) is 1. The van der Waals surface area contributed by atoms with Crippen molar-refractivity contribution in [2.24, 2.45) is 11.3 Å². The standard InChI is InChI=1S/C7H13NO/c9-5-7-2-1-6(7)3-8-4-7/h6,8-9H,1-5H2/t6-,7+/m0/s1. The van der Waals surface area contributed by atoms with E-state index < -0.39 is 0 Å². The van der Waals surface area contributed by atoms with Crippen LogP contribution in [-0.2, 0) is 0 Å². The van der Waals surface area contributed by atoms with Crippen LogP contribution in [0.25, 0.3) is 0 Å². The van der Waals surface area contributed by atoms with Gasteiger partial charge in [-0.1, -0.05) is 0 Å². The first-order chi connectivity index (χ1) is 4.37. The lowest BCUT2D eigenvalue weighted by Gasteiger charge is -2.42. The molecule has 2 rings (SSSR count). The third-order valence-electron chi connectivity index (χ3n) is 3.04. The first-order valence-electron chi connectivity index (χ1n) is 3.69. The molecule has 2 atom stereocenters. The highest BCUT2D eigenvalue weighted by Gasteiger charge is 2.49. The Kier molecular flexibility index (Phi) is 1.08. The molecule has 1 heterocycles. The molecule has 52 valence electrons. The van der Waals surface area contributed by atoms with Gasteiger partial charge in [0.1, 0.15) is 0 Å². The summed E-state index contributed by atoms with van der Waals surface area (Å²) in [5.74, 6) is 0.794. The zero-order valence-corrected chi connectivity index (χ0v) is 5.56. The maximum absolute atomic E-state index is 9.01. The molecular weight excluding hydrogens is 114 g/mol. The molecule has 0 aromatic heterocycles. The van der Waals surface area contributed by atoms with Gasteiger partial charge >= 0.3 is 0 Å². The van der Waals surface area contributed by atoms with Crippen molar-refractivity contribution in [1.82, 2.24) is 5.32 Å². The number of fused-ring (bicyclic) bond motifs is 1. The monoisotopic (exact) mass is 127 g/mol. The highest BCUT2D eigenvalue weighted by molar-refractivity contribution is 5.02. The van der Waals surface area contributed by atoms with Crippen molar-refractivity contribution >= 4 is 0 Å². The van der Waals surface area contributed by atoms with Crippen molar-refractivity contribution in [3.63, 3.8) is 0 Å². The Hall–Kier alpha value is -0.0800. The molecule has 9 heavy (non-hydrogen) atoms. The van der Waals surface area contributed by atoms with Gasteiger partial charge in [-0.3, -0.25) is 0 Å². The SMILES string of the molecule is OC[C@]12CC[C@H]1CNC2. The van der Waals surface area contributed by atoms with Crippen LogP contribution in [0.2, 0.25) is 0 Å². The van der Waals surface area contributed by atoms with Crippen LogP contribution in [0.1, 0.15) is 12.8 Å². The number of aliphatic hydroxyl groups is 1. The molecule has 0 unspecified atom stereocenters. The molecule has 0 amide bonds. The fourth-order valence-corrected chi connectivity index (χ4v) is 2.07. The summed E-state index contributed by atoms with van der Waals surface area (Å²) in [7, 11) is 0. The lowest BCUT2D eigenvalue weighted by atomic mass is 9.63. The molecule has 0 aromatic carbocycles. The second-order valence-electron chi connectivity index (χ2n) is 3.39. The van der Waals surface area contributed by atoms with E-state index in [2.05, 4.69) is 5.32 Å². The Morgan fingerprint density at radius 1 is 1.67 bits per heavy atom. The molecule has 2 aliphatic rings. The minimum Gasteiger partial charge on any atom is -0.396 e. The predicted molar refractivity (Wildman–Crippen MR) is 35.1 cm³/mol. The van der Waals surface area contributed by atoms with Gasteiger partial charge in [0, 0.05) is 12.0 Å². The van der Waals surface area contributed by atoms with Gasteiger partial charge in [-0.25, -0.2) is 0 Å². The zero-order valence-electron chi connectivity index (χ0n) is 5.56. The zero-order chi connectivity index (χ0) is 6.32. The minimum atomic E-state index is 0.319. The first-order valence-corrected chi connectivity index (χ1v) is 3.69. The Morgan fingerprint density at radius 3 is 2.89 bits per heavy atom. The van der Waals surface area contributed by atoms with Crippen molar-refractivity contribution in [2.45, 2.75) is 12.8 Å². The van der Waals surface area contributed by atoms with E-state index >= 15 is 0 Å². The molecule has 0 bridgehead atoms. The summed E-state index contributed by atoms with van der Waals surface area (Å²) in [6.45, 7) is 2.58. The largest absolute Gasteiger partial charge is 0.396 e. The van der Waals surface area contributed by atoms with Crippen LogP contribution < -0.4 is 5.32 Å². The van der Waals surface area contributed by atoms with Crippen LogP contribution >= 0.6 is 0 Å². The van der Waals surface area contributed by atoms with Gasteiger partial charge in [0.25, 0.3) is 0 Å². The van der Waals surface area contributed by atoms with E-state index in [1.165, 1.54) is 12.8 Å². The van der Waals surface area contributed by atoms with Gasteiger partial charge in [0.15, 0.2) is 0 Å². The number of hydrogen-bond donors (Lipinski definition) is 2. The topological polar surface area (TPSA) is 32.3 Å². The van der Waals surface area contributed by atoms with E-state index in [0.29, 0.717) is 12.0 Å². The van der Waals surface area contributed by atoms with Crippen LogP contribution in [0.3, 0.4) is 0 Å². The van der Waals surface area contributed by atoms with Crippen LogP contribution in [-0.4, -0.2) is 24.8 Å². The van der Waals surface area contributed by atoms with E-state index in [1.54, 1.807) is 0 Å². The molecule has 1 saturated heterocycles. The maximum atomic E-state index is 9.01. The Balaban J connectivity index is 2.10. The average Bonchev–Trinajstić information content (AvgIpc) is 2.10. The van der Waals surface area contributed by atoms with Crippen LogP contribution in [0.5, 0.6) is 0 Å². The van der Waals surface area contributed by atoms with E-state index in [4.69, 9.17) is 5.11 Å². The summed E-state index contributed by atoms with van der Waals surface area (Å²) < 4.78 is 0. The molecule has 0 aromatic rings. The minimum absolute atomic E-state index is 0.319. The van der Waals surface area contributed by atoms with Crippen molar-refractivity contribution in [2.75, 3.05) is 19.7 Å². The Morgan fingerprint density at radius 2 is 2.56 bits per heavy atom. The molecule has 1 aliphatic carbocycles. The van der Waals surface area contributed by atoms with Crippen molar-refractivity contribution in [3.8, 4) is 0 Å². The third kappa shape index (κ3) is 0.578. The van der Waals surface area contributed by atoms with Crippen molar-refractivity contribution in [3.05, 3.63) is 0 Å². The molecule has 1 saturated carbocycles. The van der Waals surface area contributed by atoms with E-state index in [-0.39, 0.29) is 0 Å². The van der Waals surface area contributed by atoms with Crippen molar-refractivity contribution < 1.29 is 5.11 Å². The van der Waals surface area contributed by atoms with Crippen molar-refractivity contribution in [1.29, 1.82) is 0 Å². The predicted octanol–water partition coefficient (Wildman–Crippen LogP) is -0.0217. The molecule has 0 radical (unpaired) electrons. The number of rotatable bonds is 1. The summed E-state index contributed by atoms with van der Waals surface area (Å²) >= 11 is 0. The summed E-state index contributed by atoms with van der Waals surface area (Å²) in [6, 6.07) is 0. The molecule has 2 nitrogen and oxygen atoms in total. The van der Waals surface area contributed by atoms with Gasteiger partial charge in [-0.2, -0.15) is 0 Å². The first kappa shape index (κ1) is 5.69. The molecular formula is C7H13NO. The second-order valence-corrected chi connectivity index (χ2v) is 3.39. The Labute approximate surface area is 55.3 Å². The number of hydrogen-bond acceptors (Lipinski definition) is 2. The van der Waals surface area contributed by atoms with Gasteiger partial charge in [-0.05, 0) is 25.3 Å². The molecule has 0 spiro atoms. The van der Waals surface area contributed by atoms with Gasteiger partial charge in [0.05, 0.1) is 6.61 Å².